The van der Waals surface area contributed by atoms with Gasteiger partial charge in [0.2, 0.25) is 5.91 Å². The number of hydrogen-bond acceptors (Lipinski definition) is 2. The Labute approximate surface area is 150 Å². The van der Waals surface area contributed by atoms with Crippen LogP contribution < -0.4 is 4.74 Å². The molecule has 138 valence electrons. The highest BCUT2D eigenvalue weighted by atomic mass is 19.4. The molecule has 3 nitrogen and oxygen atoms in total. The second-order valence-electron chi connectivity index (χ2n) is 5.79. The van der Waals surface area contributed by atoms with Gasteiger partial charge in [-0.25, -0.2) is 0 Å². The van der Waals surface area contributed by atoms with Crippen LogP contribution in [0.2, 0.25) is 0 Å². The van der Waals surface area contributed by atoms with E-state index in [1.165, 1.54) is 23.1 Å². The maximum Gasteiger partial charge on any atom is 0.416 e. The lowest BCUT2D eigenvalue weighted by atomic mass is 10.1. The Morgan fingerprint density at radius 2 is 1.77 bits per heavy atom. The number of likely N-dealkylation sites (N-methyl/N-ethyl adjacent to an activating group) is 1. The Kier molecular flexibility index (Phi) is 6.44. The van der Waals surface area contributed by atoms with Crippen LogP contribution in [-0.2, 0) is 11.0 Å². The van der Waals surface area contributed by atoms with Gasteiger partial charge in [-0.05, 0) is 35.9 Å². The average Bonchev–Trinajstić information content (AvgIpc) is 2.64. The second kappa shape index (κ2) is 8.56. The molecule has 0 spiro atoms. The van der Waals surface area contributed by atoms with Gasteiger partial charge in [-0.2, -0.15) is 13.2 Å². The van der Waals surface area contributed by atoms with Crippen molar-refractivity contribution in [1.29, 1.82) is 0 Å². The summed E-state index contributed by atoms with van der Waals surface area (Å²) in [6, 6.07) is 13.9. The number of amides is 1. The number of alkyl halides is 3. The molecule has 2 rings (SSSR count). The Bertz CT molecular complexity index is 727. The van der Waals surface area contributed by atoms with Gasteiger partial charge < -0.3 is 9.64 Å². The summed E-state index contributed by atoms with van der Waals surface area (Å²) < 4.78 is 43.9. The smallest absolute Gasteiger partial charge is 0.416 e. The zero-order valence-corrected chi connectivity index (χ0v) is 14.4. The number of carbonyl (C=O) groups is 1. The molecule has 2 aromatic rings. The van der Waals surface area contributed by atoms with E-state index in [0.29, 0.717) is 18.7 Å². The summed E-state index contributed by atoms with van der Waals surface area (Å²) in [7, 11) is 1.66. The molecule has 0 heterocycles. The number of ether oxygens (including phenoxy) is 1. The van der Waals surface area contributed by atoms with Crippen LogP contribution in [0.5, 0.6) is 5.75 Å². The highest BCUT2D eigenvalue weighted by Crippen LogP contribution is 2.32. The van der Waals surface area contributed by atoms with E-state index in [0.717, 1.165) is 17.7 Å². The van der Waals surface area contributed by atoms with Crippen LogP contribution >= 0.6 is 0 Å². The number of benzene rings is 2. The third kappa shape index (κ3) is 5.37. The van der Waals surface area contributed by atoms with Crippen LogP contribution in [-0.4, -0.2) is 24.4 Å². The van der Waals surface area contributed by atoms with Crippen molar-refractivity contribution in [2.75, 3.05) is 13.6 Å². The van der Waals surface area contributed by atoms with E-state index >= 15 is 0 Å². The van der Waals surface area contributed by atoms with Gasteiger partial charge in [0.1, 0.15) is 11.9 Å². The molecule has 0 aliphatic carbocycles. The number of carbonyl (C=O) groups excluding carboxylic acids is 1. The van der Waals surface area contributed by atoms with Gasteiger partial charge in [0, 0.05) is 20.0 Å². The summed E-state index contributed by atoms with van der Waals surface area (Å²) >= 11 is 0. The Morgan fingerprint density at radius 1 is 1.15 bits per heavy atom. The molecule has 0 aliphatic rings. The van der Waals surface area contributed by atoms with Crippen LogP contribution in [0.1, 0.15) is 23.7 Å². The highest BCUT2D eigenvalue weighted by Gasteiger charge is 2.30. The van der Waals surface area contributed by atoms with Gasteiger partial charge in [-0.1, -0.05) is 36.9 Å². The standard InChI is InChI=1S/C20H20F3NO2/c1-3-19(25)24(2)14-13-18(15-7-5-4-6-8-15)26-17-11-9-16(10-12-17)20(21,22)23/h3-12,18H,1,13-14H2,2H3. The maximum atomic E-state index is 12.7. The summed E-state index contributed by atoms with van der Waals surface area (Å²) in [6.45, 7) is 3.87. The van der Waals surface area contributed by atoms with Crippen molar-refractivity contribution in [2.45, 2.75) is 18.7 Å². The van der Waals surface area contributed by atoms with E-state index in [1.807, 2.05) is 30.3 Å². The molecule has 0 bridgehead atoms. The van der Waals surface area contributed by atoms with E-state index in [1.54, 1.807) is 7.05 Å². The molecule has 0 aliphatic heterocycles. The van der Waals surface area contributed by atoms with Crippen molar-refractivity contribution in [3.8, 4) is 5.75 Å². The molecule has 1 atom stereocenters. The summed E-state index contributed by atoms with van der Waals surface area (Å²) in [5.41, 5.74) is 0.157. The molecule has 0 saturated heterocycles. The first-order valence-electron chi connectivity index (χ1n) is 8.07. The lowest BCUT2D eigenvalue weighted by molar-refractivity contribution is -0.137. The first-order chi connectivity index (χ1) is 12.3. The summed E-state index contributed by atoms with van der Waals surface area (Å²) in [5.74, 6) is 0.135. The Balaban J connectivity index is 2.14. The third-order valence-electron chi connectivity index (χ3n) is 3.91. The van der Waals surface area contributed by atoms with Gasteiger partial charge in [0.05, 0.1) is 5.56 Å². The van der Waals surface area contributed by atoms with Gasteiger partial charge >= 0.3 is 6.18 Å². The molecule has 0 saturated carbocycles. The predicted octanol–water partition coefficient (Wildman–Crippen LogP) is 4.86. The van der Waals surface area contributed by atoms with Crippen molar-refractivity contribution >= 4 is 5.91 Å². The quantitative estimate of drug-likeness (QED) is 0.658. The molecule has 6 heteroatoms. The molecule has 2 aromatic carbocycles. The van der Waals surface area contributed by atoms with Crippen LogP contribution in [0.3, 0.4) is 0 Å². The zero-order chi connectivity index (χ0) is 19.2. The molecule has 0 fully saturated rings. The first-order valence-corrected chi connectivity index (χ1v) is 8.07. The average molecular weight is 363 g/mol. The normalized spacial score (nSPS) is 12.3. The minimum Gasteiger partial charge on any atom is -0.486 e. The molecular weight excluding hydrogens is 343 g/mol. The van der Waals surface area contributed by atoms with E-state index in [-0.39, 0.29) is 5.91 Å². The van der Waals surface area contributed by atoms with Crippen LogP contribution in [0.25, 0.3) is 0 Å². The predicted molar refractivity (Wildman–Crippen MR) is 93.7 cm³/mol. The maximum absolute atomic E-state index is 12.7. The molecule has 1 unspecified atom stereocenters. The van der Waals surface area contributed by atoms with E-state index in [2.05, 4.69) is 6.58 Å². The first kappa shape index (κ1) is 19.6. The van der Waals surface area contributed by atoms with E-state index in [4.69, 9.17) is 4.74 Å². The molecule has 1 amide bonds. The fraction of sp³-hybridized carbons (Fsp3) is 0.250. The van der Waals surface area contributed by atoms with Gasteiger partial charge in [-0.3, -0.25) is 4.79 Å². The lowest BCUT2D eigenvalue weighted by Crippen LogP contribution is -2.27. The number of hydrogen-bond donors (Lipinski definition) is 0. The van der Waals surface area contributed by atoms with Crippen molar-refractivity contribution in [3.63, 3.8) is 0 Å². The second-order valence-corrected chi connectivity index (χ2v) is 5.79. The van der Waals surface area contributed by atoms with Gasteiger partial charge in [0.25, 0.3) is 0 Å². The summed E-state index contributed by atoms with van der Waals surface area (Å²) in [5, 5.41) is 0. The minimum atomic E-state index is -4.38. The van der Waals surface area contributed by atoms with Crippen molar-refractivity contribution in [3.05, 3.63) is 78.4 Å². The lowest BCUT2D eigenvalue weighted by Gasteiger charge is -2.23. The zero-order valence-electron chi connectivity index (χ0n) is 14.4. The van der Waals surface area contributed by atoms with Crippen LogP contribution in [0.15, 0.2) is 67.3 Å². The van der Waals surface area contributed by atoms with Gasteiger partial charge in [-0.15, -0.1) is 0 Å². The fourth-order valence-electron chi connectivity index (χ4n) is 2.43. The number of nitrogens with zero attached hydrogens (tertiary/aromatic N) is 1. The SMILES string of the molecule is C=CC(=O)N(C)CCC(Oc1ccc(C(F)(F)F)cc1)c1ccccc1. The van der Waals surface area contributed by atoms with Crippen LogP contribution in [0.4, 0.5) is 13.2 Å². The molecule has 0 N–H and O–H groups in total. The van der Waals surface area contributed by atoms with Crippen LogP contribution in [0, 0.1) is 0 Å². The van der Waals surface area contributed by atoms with E-state index in [9.17, 15) is 18.0 Å². The minimum absolute atomic E-state index is 0.202. The van der Waals surface area contributed by atoms with Gasteiger partial charge in [0.15, 0.2) is 0 Å². The molecular formula is C20H20F3NO2. The van der Waals surface area contributed by atoms with Crippen molar-refractivity contribution in [1.82, 2.24) is 4.90 Å². The monoisotopic (exact) mass is 363 g/mol. The molecule has 26 heavy (non-hydrogen) atoms. The Morgan fingerprint density at radius 3 is 2.31 bits per heavy atom. The largest absolute Gasteiger partial charge is 0.486 e. The van der Waals surface area contributed by atoms with Crippen molar-refractivity contribution in [2.24, 2.45) is 0 Å². The number of halogens is 3. The molecule has 0 radical (unpaired) electrons. The van der Waals surface area contributed by atoms with E-state index < -0.39 is 17.8 Å². The van der Waals surface area contributed by atoms with Crippen molar-refractivity contribution < 1.29 is 22.7 Å². The fourth-order valence-corrected chi connectivity index (χ4v) is 2.43. The molecule has 0 aromatic heterocycles. The Hall–Kier alpha value is -2.76. The topological polar surface area (TPSA) is 29.5 Å². The summed E-state index contributed by atoms with van der Waals surface area (Å²) in [6.07, 6.45) is -3.06. The number of rotatable bonds is 7. The summed E-state index contributed by atoms with van der Waals surface area (Å²) in [4.78, 5) is 13.1. The highest BCUT2D eigenvalue weighted by molar-refractivity contribution is 5.86. The third-order valence-corrected chi connectivity index (χ3v) is 3.91.